The van der Waals surface area contributed by atoms with Gasteiger partial charge in [-0.1, -0.05) is 48.5 Å². The lowest BCUT2D eigenvalue weighted by Crippen LogP contribution is -2.47. The van der Waals surface area contributed by atoms with Crippen molar-refractivity contribution in [3.8, 4) is 0 Å². The van der Waals surface area contributed by atoms with Crippen LogP contribution in [0.15, 0.2) is 78.5 Å². The van der Waals surface area contributed by atoms with E-state index in [0.29, 0.717) is 35.5 Å². The Morgan fingerprint density at radius 1 is 1.22 bits per heavy atom. The smallest absolute Gasteiger partial charge is 0.322 e. The molecule has 0 aromatic heterocycles. The minimum atomic E-state index is -0.922. The predicted molar refractivity (Wildman–Crippen MR) is 134 cm³/mol. The maximum Gasteiger partial charge on any atom is 0.322 e. The lowest BCUT2D eigenvalue weighted by atomic mass is 9.95. The highest BCUT2D eigenvalue weighted by molar-refractivity contribution is 6.03. The number of nitrogens with zero attached hydrogens (tertiary/aromatic N) is 2. The molecule has 0 aliphatic carbocycles. The Hall–Kier alpha value is -3.98. The van der Waals surface area contributed by atoms with E-state index in [1.165, 1.54) is 28.0 Å². The predicted octanol–water partition coefficient (Wildman–Crippen LogP) is 3.21. The maximum atomic E-state index is 14.1. The van der Waals surface area contributed by atoms with Gasteiger partial charge < -0.3 is 20.3 Å². The van der Waals surface area contributed by atoms with Crippen LogP contribution in [-0.4, -0.2) is 60.0 Å². The summed E-state index contributed by atoms with van der Waals surface area (Å²) in [5.74, 6) is -1.19. The second kappa shape index (κ2) is 10.6. The van der Waals surface area contributed by atoms with Crippen LogP contribution in [0.1, 0.15) is 36.1 Å². The number of rotatable bonds is 8. The van der Waals surface area contributed by atoms with Crippen molar-refractivity contribution in [3.63, 3.8) is 0 Å². The highest BCUT2D eigenvalue weighted by Crippen LogP contribution is 2.39. The number of halogens is 1. The van der Waals surface area contributed by atoms with Gasteiger partial charge in [-0.3, -0.25) is 14.5 Å². The van der Waals surface area contributed by atoms with Crippen molar-refractivity contribution in [1.29, 1.82) is 0 Å². The second-order valence-corrected chi connectivity index (χ2v) is 9.32. The third-order valence-corrected chi connectivity index (χ3v) is 6.95. The first kappa shape index (κ1) is 24.7. The summed E-state index contributed by atoms with van der Waals surface area (Å²) in [5.41, 5.74) is 1.90. The van der Waals surface area contributed by atoms with Gasteiger partial charge >= 0.3 is 6.03 Å². The van der Waals surface area contributed by atoms with Crippen molar-refractivity contribution >= 4 is 17.8 Å². The van der Waals surface area contributed by atoms with Gasteiger partial charge in [0, 0.05) is 19.7 Å². The zero-order chi connectivity index (χ0) is 25.9. The average molecular weight is 505 g/mol. The van der Waals surface area contributed by atoms with Gasteiger partial charge in [0.2, 0.25) is 5.91 Å². The van der Waals surface area contributed by atoms with Gasteiger partial charge in [-0.15, -0.1) is 6.58 Å². The van der Waals surface area contributed by atoms with Gasteiger partial charge in [0.1, 0.15) is 11.9 Å². The van der Waals surface area contributed by atoms with E-state index in [2.05, 4.69) is 17.2 Å². The van der Waals surface area contributed by atoms with Gasteiger partial charge in [0.25, 0.3) is 5.91 Å². The summed E-state index contributed by atoms with van der Waals surface area (Å²) in [7, 11) is 0. The van der Waals surface area contributed by atoms with Crippen LogP contribution in [0, 0.1) is 5.82 Å². The van der Waals surface area contributed by atoms with Gasteiger partial charge in [-0.2, -0.15) is 0 Å². The Labute approximate surface area is 214 Å². The number of hydrogen-bond donors (Lipinski definition) is 2. The highest BCUT2D eigenvalue weighted by atomic mass is 19.1. The molecule has 192 valence electrons. The van der Waals surface area contributed by atoms with Gasteiger partial charge in [0.05, 0.1) is 30.0 Å². The number of urea groups is 1. The zero-order valence-electron chi connectivity index (χ0n) is 20.4. The summed E-state index contributed by atoms with van der Waals surface area (Å²) >= 11 is 0. The summed E-state index contributed by atoms with van der Waals surface area (Å²) < 4.78 is 19.7. The number of carbonyl (C=O) groups excluding carboxylic acids is 3. The minimum absolute atomic E-state index is 0.0498. The van der Waals surface area contributed by atoms with Gasteiger partial charge in [-0.25, -0.2) is 9.18 Å². The Morgan fingerprint density at radius 3 is 2.73 bits per heavy atom. The molecule has 2 aromatic rings. The van der Waals surface area contributed by atoms with Crippen molar-refractivity contribution in [2.45, 2.75) is 31.0 Å². The van der Waals surface area contributed by atoms with Crippen LogP contribution in [0.25, 0.3) is 0 Å². The minimum Gasteiger partial charge on any atom is -0.376 e. The zero-order valence-corrected chi connectivity index (χ0v) is 20.4. The van der Waals surface area contributed by atoms with Crippen LogP contribution in [0.3, 0.4) is 0 Å². The van der Waals surface area contributed by atoms with Crippen molar-refractivity contribution in [3.05, 3.63) is 95.5 Å². The molecule has 2 aromatic carbocycles. The van der Waals surface area contributed by atoms with Gasteiger partial charge in [0.15, 0.2) is 0 Å². The summed E-state index contributed by atoms with van der Waals surface area (Å²) in [6.45, 7) is 4.99. The molecule has 37 heavy (non-hydrogen) atoms. The maximum absolute atomic E-state index is 14.1. The van der Waals surface area contributed by atoms with Crippen LogP contribution in [0.4, 0.5) is 9.18 Å². The molecule has 0 saturated carbocycles. The SMILES string of the molecule is C=CCN1C(=O)NC(c2cccc(F)c2)C2=C1CN(C(C(=O)NCC1CCCO1)c1ccccc1)C2=O. The molecule has 3 unspecified atom stereocenters. The van der Waals surface area contributed by atoms with E-state index in [1.54, 1.807) is 24.3 Å². The standard InChI is InChI=1S/C28H29FN4O4/c1-2-13-32-22-17-33(27(35)23(22)24(31-28(32)36)19-10-6-11-20(29)15-19)25(18-8-4-3-5-9-18)26(34)30-16-21-12-7-14-37-21/h2-6,8-11,15,21,24-25H,1,7,12-14,16-17H2,(H,30,34)(H,31,36). The first-order chi connectivity index (χ1) is 18.0. The molecule has 0 spiro atoms. The lowest BCUT2D eigenvalue weighted by Gasteiger charge is -2.33. The summed E-state index contributed by atoms with van der Waals surface area (Å²) in [5, 5.41) is 5.80. The molecule has 9 heteroatoms. The van der Waals surface area contributed by atoms with Crippen LogP contribution in [0.5, 0.6) is 0 Å². The lowest BCUT2D eigenvalue weighted by molar-refractivity contribution is -0.137. The van der Waals surface area contributed by atoms with Crippen LogP contribution < -0.4 is 10.6 Å². The molecule has 0 bridgehead atoms. The fourth-order valence-electron chi connectivity index (χ4n) is 5.20. The van der Waals surface area contributed by atoms with Crippen molar-refractivity contribution in [2.75, 3.05) is 26.2 Å². The monoisotopic (exact) mass is 504 g/mol. The molecule has 3 atom stereocenters. The van der Waals surface area contributed by atoms with Crippen LogP contribution >= 0.6 is 0 Å². The van der Waals surface area contributed by atoms with Crippen molar-refractivity contribution < 1.29 is 23.5 Å². The van der Waals surface area contributed by atoms with Crippen molar-refractivity contribution in [1.82, 2.24) is 20.4 Å². The van der Waals surface area contributed by atoms with E-state index in [-0.39, 0.29) is 31.0 Å². The molecule has 4 amide bonds. The molecular formula is C28H29FN4O4. The normalized spacial score (nSPS) is 22.1. The fourth-order valence-corrected chi connectivity index (χ4v) is 5.20. The summed E-state index contributed by atoms with van der Waals surface area (Å²) in [4.78, 5) is 43.6. The fraction of sp³-hybridized carbons (Fsp3) is 0.321. The number of carbonyl (C=O) groups is 3. The Morgan fingerprint density at radius 2 is 2.03 bits per heavy atom. The van der Waals surface area contributed by atoms with E-state index < -0.39 is 23.9 Å². The number of amides is 4. The Balaban J connectivity index is 1.50. The molecule has 0 radical (unpaired) electrons. The molecule has 3 aliphatic rings. The van der Waals surface area contributed by atoms with E-state index in [0.717, 1.165) is 12.8 Å². The largest absolute Gasteiger partial charge is 0.376 e. The summed E-state index contributed by atoms with van der Waals surface area (Å²) in [6.07, 6.45) is 3.34. The molecule has 1 saturated heterocycles. The molecule has 2 N–H and O–H groups in total. The Kier molecular flexibility index (Phi) is 7.05. The first-order valence-corrected chi connectivity index (χ1v) is 12.4. The average Bonchev–Trinajstić information content (AvgIpc) is 3.54. The molecule has 3 heterocycles. The molecule has 3 aliphatic heterocycles. The number of hydrogen-bond acceptors (Lipinski definition) is 4. The first-order valence-electron chi connectivity index (χ1n) is 12.4. The van der Waals surface area contributed by atoms with E-state index in [4.69, 9.17) is 4.74 Å². The second-order valence-electron chi connectivity index (χ2n) is 9.32. The van der Waals surface area contributed by atoms with Crippen LogP contribution in [-0.2, 0) is 14.3 Å². The molecular weight excluding hydrogens is 475 g/mol. The molecule has 8 nitrogen and oxygen atoms in total. The number of ether oxygens (including phenoxy) is 1. The number of benzene rings is 2. The van der Waals surface area contributed by atoms with Gasteiger partial charge in [-0.05, 0) is 36.1 Å². The van der Waals surface area contributed by atoms with E-state index >= 15 is 0 Å². The van der Waals surface area contributed by atoms with Crippen LogP contribution in [0.2, 0.25) is 0 Å². The van der Waals surface area contributed by atoms with E-state index in [1.807, 2.05) is 18.2 Å². The number of nitrogens with one attached hydrogen (secondary N) is 2. The summed E-state index contributed by atoms with van der Waals surface area (Å²) in [6, 6.07) is 12.7. The highest BCUT2D eigenvalue weighted by Gasteiger charge is 2.47. The van der Waals surface area contributed by atoms with Crippen molar-refractivity contribution in [2.24, 2.45) is 0 Å². The van der Waals surface area contributed by atoms with E-state index in [9.17, 15) is 18.8 Å². The third kappa shape index (κ3) is 4.86. The Bertz CT molecular complexity index is 1240. The quantitative estimate of drug-likeness (QED) is 0.541. The topological polar surface area (TPSA) is 91.0 Å². The molecule has 1 fully saturated rings. The third-order valence-electron chi connectivity index (χ3n) is 6.95. The molecule has 5 rings (SSSR count).